The van der Waals surface area contributed by atoms with Crippen LogP contribution in [-0.4, -0.2) is 46.1 Å². The van der Waals surface area contributed by atoms with E-state index in [-0.39, 0.29) is 11.8 Å². The summed E-state index contributed by atoms with van der Waals surface area (Å²) in [5.41, 5.74) is 1.98. The van der Waals surface area contributed by atoms with Crippen LogP contribution in [0.15, 0.2) is 30.5 Å². The summed E-state index contributed by atoms with van der Waals surface area (Å²) in [5.74, 6) is -0.305. The van der Waals surface area contributed by atoms with E-state index >= 15 is 0 Å². The normalized spacial score (nSPS) is 17.4. The van der Waals surface area contributed by atoms with Gasteiger partial charge in [-0.05, 0) is 25.5 Å². The Bertz CT molecular complexity index is 802. The highest BCUT2D eigenvalue weighted by Gasteiger charge is 2.38. The fraction of sp³-hybridized carbons (Fsp3) is 0.353. The summed E-state index contributed by atoms with van der Waals surface area (Å²) < 4.78 is 1.65. The molecule has 6 nitrogen and oxygen atoms in total. The second-order valence-corrected chi connectivity index (χ2v) is 6.34. The van der Waals surface area contributed by atoms with Crippen molar-refractivity contribution in [1.82, 2.24) is 14.7 Å². The monoisotopic (exact) mass is 346 g/mol. The summed E-state index contributed by atoms with van der Waals surface area (Å²) >= 11 is 6.19. The molecule has 0 N–H and O–H groups in total. The van der Waals surface area contributed by atoms with Crippen LogP contribution in [0.3, 0.4) is 0 Å². The third kappa shape index (κ3) is 2.67. The van der Waals surface area contributed by atoms with Crippen LogP contribution in [0.2, 0.25) is 5.02 Å². The highest BCUT2D eigenvalue weighted by atomic mass is 35.5. The molecule has 126 valence electrons. The second kappa shape index (κ2) is 6.28. The van der Waals surface area contributed by atoms with Crippen molar-refractivity contribution < 1.29 is 9.59 Å². The standard InChI is InChI=1S/C17H19ClN4O2/c1-11-12(10-19-21(11)3)16(23)20(2)15-8-9-22(17(15)24)14-7-5-4-6-13(14)18/h4-7,10,15H,8-9H2,1-3H3/t15-/m0/s1. The Labute approximate surface area is 145 Å². The van der Waals surface area contributed by atoms with Crippen molar-refractivity contribution in [2.24, 2.45) is 7.05 Å². The fourth-order valence-electron chi connectivity index (χ4n) is 2.97. The summed E-state index contributed by atoms with van der Waals surface area (Å²) in [4.78, 5) is 28.6. The second-order valence-electron chi connectivity index (χ2n) is 5.93. The van der Waals surface area contributed by atoms with Gasteiger partial charge in [0.1, 0.15) is 6.04 Å². The molecule has 0 radical (unpaired) electrons. The number of halogens is 1. The molecule has 1 aromatic heterocycles. The summed E-state index contributed by atoms with van der Waals surface area (Å²) in [6, 6.07) is 6.75. The van der Waals surface area contributed by atoms with Crippen LogP contribution in [0, 0.1) is 6.92 Å². The Morgan fingerprint density at radius 3 is 2.71 bits per heavy atom. The zero-order valence-electron chi connectivity index (χ0n) is 13.9. The number of rotatable bonds is 3. The predicted molar refractivity (Wildman–Crippen MR) is 92.2 cm³/mol. The number of hydrogen-bond acceptors (Lipinski definition) is 3. The smallest absolute Gasteiger partial charge is 0.257 e. The van der Waals surface area contributed by atoms with E-state index in [1.54, 1.807) is 35.9 Å². The van der Waals surface area contributed by atoms with Gasteiger partial charge in [0.05, 0.1) is 22.5 Å². The number of benzene rings is 1. The Hall–Kier alpha value is -2.34. The number of aryl methyl sites for hydroxylation is 1. The Morgan fingerprint density at radius 2 is 2.08 bits per heavy atom. The van der Waals surface area contributed by atoms with E-state index in [1.165, 1.54) is 4.90 Å². The molecule has 1 aromatic carbocycles. The van der Waals surface area contributed by atoms with Crippen molar-refractivity contribution in [3.8, 4) is 0 Å². The molecule has 0 saturated carbocycles. The lowest BCUT2D eigenvalue weighted by Gasteiger charge is -2.24. The molecule has 7 heteroatoms. The number of carbonyl (C=O) groups is 2. The quantitative estimate of drug-likeness (QED) is 0.856. The highest BCUT2D eigenvalue weighted by Crippen LogP contribution is 2.30. The Balaban J connectivity index is 1.81. The molecule has 1 atom stereocenters. The zero-order chi connectivity index (χ0) is 17.4. The van der Waals surface area contributed by atoms with E-state index < -0.39 is 6.04 Å². The van der Waals surface area contributed by atoms with Gasteiger partial charge in [-0.25, -0.2) is 0 Å². The predicted octanol–water partition coefficient (Wildman–Crippen LogP) is 2.26. The van der Waals surface area contributed by atoms with Crippen molar-refractivity contribution in [1.29, 1.82) is 0 Å². The van der Waals surface area contributed by atoms with Gasteiger partial charge >= 0.3 is 0 Å². The molecule has 3 rings (SSSR count). The van der Waals surface area contributed by atoms with Crippen LogP contribution in [0.25, 0.3) is 0 Å². The summed E-state index contributed by atoms with van der Waals surface area (Å²) in [5, 5.41) is 4.63. The van der Waals surface area contributed by atoms with Gasteiger partial charge in [-0.2, -0.15) is 5.10 Å². The van der Waals surface area contributed by atoms with Gasteiger partial charge in [0, 0.05) is 26.3 Å². The van der Waals surface area contributed by atoms with Crippen molar-refractivity contribution in [3.63, 3.8) is 0 Å². The molecule has 0 bridgehead atoms. The molecule has 2 heterocycles. The molecule has 1 aliphatic rings. The Kier molecular flexibility index (Phi) is 4.32. The molecule has 1 aliphatic heterocycles. The lowest BCUT2D eigenvalue weighted by molar-refractivity contribution is -0.120. The minimum Gasteiger partial charge on any atom is -0.329 e. The number of anilines is 1. The van der Waals surface area contributed by atoms with Crippen LogP contribution in [0.4, 0.5) is 5.69 Å². The number of para-hydroxylation sites is 1. The van der Waals surface area contributed by atoms with Crippen LogP contribution in [0.5, 0.6) is 0 Å². The first-order valence-electron chi connectivity index (χ1n) is 7.73. The summed E-state index contributed by atoms with van der Waals surface area (Å²) in [6.07, 6.45) is 2.12. The molecular weight excluding hydrogens is 328 g/mol. The van der Waals surface area contributed by atoms with Gasteiger partial charge in [-0.1, -0.05) is 23.7 Å². The van der Waals surface area contributed by atoms with Crippen molar-refractivity contribution in [2.45, 2.75) is 19.4 Å². The lowest BCUT2D eigenvalue weighted by Crippen LogP contribution is -2.43. The number of nitrogens with zero attached hydrogens (tertiary/aromatic N) is 4. The molecule has 0 aliphatic carbocycles. The first-order valence-corrected chi connectivity index (χ1v) is 8.11. The third-order valence-electron chi connectivity index (χ3n) is 4.57. The molecule has 0 spiro atoms. The minimum atomic E-state index is -0.492. The molecule has 2 amide bonds. The maximum atomic E-state index is 12.8. The van der Waals surface area contributed by atoms with Gasteiger partial charge in [-0.3, -0.25) is 14.3 Å². The molecule has 24 heavy (non-hydrogen) atoms. The summed E-state index contributed by atoms with van der Waals surface area (Å²) in [7, 11) is 3.44. The molecular formula is C17H19ClN4O2. The number of aromatic nitrogens is 2. The van der Waals surface area contributed by atoms with Gasteiger partial charge in [0.2, 0.25) is 5.91 Å². The van der Waals surface area contributed by atoms with Crippen LogP contribution >= 0.6 is 11.6 Å². The first-order chi connectivity index (χ1) is 11.4. The lowest BCUT2D eigenvalue weighted by atomic mass is 10.1. The summed E-state index contributed by atoms with van der Waals surface area (Å²) in [6.45, 7) is 2.37. The van der Waals surface area contributed by atoms with Gasteiger partial charge in [0.25, 0.3) is 5.91 Å². The molecule has 2 aromatic rings. The van der Waals surface area contributed by atoms with Crippen molar-refractivity contribution in [3.05, 3.63) is 46.7 Å². The topological polar surface area (TPSA) is 58.4 Å². The average Bonchev–Trinajstić information content (AvgIpc) is 3.10. The molecule has 0 unspecified atom stereocenters. The number of carbonyl (C=O) groups excluding carboxylic acids is 2. The van der Waals surface area contributed by atoms with Crippen molar-refractivity contribution in [2.75, 3.05) is 18.5 Å². The minimum absolute atomic E-state index is 0.111. The molecule has 1 saturated heterocycles. The van der Waals surface area contributed by atoms with E-state index in [2.05, 4.69) is 5.10 Å². The van der Waals surface area contributed by atoms with E-state index in [9.17, 15) is 9.59 Å². The highest BCUT2D eigenvalue weighted by molar-refractivity contribution is 6.34. The van der Waals surface area contributed by atoms with Crippen LogP contribution in [-0.2, 0) is 11.8 Å². The number of amides is 2. The van der Waals surface area contributed by atoms with Crippen molar-refractivity contribution >= 4 is 29.1 Å². The zero-order valence-corrected chi connectivity index (χ0v) is 14.6. The first kappa shape index (κ1) is 16.5. The van der Waals surface area contributed by atoms with Gasteiger partial charge in [-0.15, -0.1) is 0 Å². The maximum Gasteiger partial charge on any atom is 0.257 e. The van der Waals surface area contributed by atoms with Crippen LogP contribution < -0.4 is 4.90 Å². The van der Waals surface area contributed by atoms with Gasteiger partial charge < -0.3 is 9.80 Å². The number of likely N-dealkylation sites (N-methyl/N-ethyl adjacent to an activating group) is 1. The largest absolute Gasteiger partial charge is 0.329 e. The van der Waals surface area contributed by atoms with E-state index in [0.29, 0.717) is 29.2 Å². The fourth-order valence-corrected chi connectivity index (χ4v) is 3.21. The Morgan fingerprint density at radius 1 is 1.38 bits per heavy atom. The van der Waals surface area contributed by atoms with Gasteiger partial charge in [0.15, 0.2) is 0 Å². The number of hydrogen-bond donors (Lipinski definition) is 0. The van der Waals surface area contributed by atoms with Crippen LogP contribution in [0.1, 0.15) is 22.5 Å². The average molecular weight is 347 g/mol. The molecule has 1 fully saturated rings. The third-order valence-corrected chi connectivity index (χ3v) is 4.89. The van der Waals surface area contributed by atoms with E-state index in [1.807, 2.05) is 25.1 Å². The SMILES string of the molecule is Cc1c(C(=O)N(C)[C@H]2CCN(c3ccccc3Cl)C2=O)cnn1C. The maximum absolute atomic E-state index is 12.8. The van der Waals surface area contributed by atoms with E-state index in [0.717, 1.165) is 5.69 Å². The van der Waals surface area contributed by atoms with E-state index in [4.69, 9.17) is 11.6 Å².